The molecule has 30 heteroatoms. The standard InChI is InChI=1S/C20H21N3.C19H20N4.C13H24N4O2.C13H21N3.2C12H19F2N3.C12H20FN3/c1-3-14-13-15-9-5-6-11-17(15)20-19(21-22-23(20)4-2)18-12-8-7-10-16(14)18;1-3-22-13-14-9-5-6-10-15(14)19-18(20-21-23(19)4-2)16-11-7-8-12-17(16)22;1-5-16-8-7-10-12(17(6-2)15-14-10)13(19-4)11(9-16)18-3;1-3-9-10-5-7-12-13(8-6-11(9)10)16(4-2)15-14-12;1-3-9-5-6-10-11(12(13,14)8-7-9)15-16-17(10)4-2;1-3-9-7-5-6-8-10-11(12(9,13)14)15-16-17(10)4-2;1-3-12(13)9-7-5-6-8-10-11(12)14-15-16(10)4-2/h5-12,14H,3-4,13H2,1-2H3;5-12H,3-4,13H2,1-2H3;11,13H,5-9H2,1-4H3;9-11H,3-8H2,1-2H3;2*9H,3-8H2,1-2H3;3-9H2,1-2H3/t;;;9?,10-,11+;;;/m...1.../s1. The summed E-state index contributed by atoms with van der Waals surface area (Å²) in [7, 11) is 3.47. The summed E-state index contributed by atoms with van der Waals surface area (Å²) in [5.74, 6) is -2.27. The van der Waals surface area contributed by atoms with Crippen LogP contribution in [0.3, 0.4) is 0 Å². The second kappa shape index (κ2) is 45.7. The molecule has 131 heavy (non-hydrogen) atoms. The highest BCUT2D eigenvalue weighted by molar-refractivity contribution is 5.88. The molecule has 9 atom stereocenters. The number of halogens is 5. The van der Waals surface area contributed by atoms with E-state index in [1.54, 1.807) is 23.6 Å². The van der Waals surface area contributed by atoms with E-state index in [4.69, 9.17) is 9.47 Å². The van der Waals surface area contributed by atoms with Crippen molar-refractivity contribution in [1.82, 2.24) is 110 Å². The van der Waals surface area contributed by atoms with Crippen LogP contribution in [-0.4, -0.2) is 156 Å². The first-order valence-corrected chi connectivity index (χ1v) is 49.5. The number of hydrogen-bond acceptors (Lipinski definition) is 18. The average molecular weight is 1810 g/mol. The molecule has 25 nitrogen and oxygen atoms in total. The molecule has 0 N–H and O–H groups in total. The number of likely N-dealkylation sites (N-methyl/N-ethyl adjacent to an activating group) is 1. The third-order valence-corrected chi connectivity index (χ3v) is 29.0. The second-order valence-corrected chi connectivity index (χ2v) is 36.0. The highest BCUT2D eigenvalue weighted by atomic mass is 19.3. The average Bonchev–Trinajstić information content (AvgIpc) is 1.59. The van der Waals surface area contributed by atoms with Crippen molar-refractivity contribution in [3.05, 3.63) is 171 Å². The van der Waals surface area contributed by atoms with E-state index >= 15 is 0 Å². The summed E-state index contributed by atoms with van der Waals surface area (Å²) in [5.41, 5.74) is 20.9. The van der Waals surface area contributed by atoms with Gasteiger partial charge in [-0.2, -0.15) is 17.6 Å². The first-order valence-electron chi connectivity index (χ1n) is 49.5. The minimum atomic E-state index is -2.82. The van der Waals surface area contributed by atoms with Crippen LogP contribution in [0.1, 0.15) is 292 Å². The Balaban J connectivity index is 0.000000131. The van der Waals surface area contributed by atoms with Crippen molar-refractivity contribution >= 4 is 5.69 Å². The number of hydrogen-bond donors (Lipinski definition) is 0. The van der Waals surface area contributed by atoms with Crippen molar-refractivity contribution in [3.63, 3.8) is 0 Å². The largest absolute Gasteiger partial charge is 0.377 e. The maximum Gasteiger partial charge on any atom is 0.296 e. The second-order valence-electron chi connectivity index (χ2n) is 36.0. The fraction of sp³-hybridized carbons (Fsp3) is 0.624. The van der Waals surface area contributed by atoms with E-state index in [0.29, 0.717) is 87.0 Å². The summed E-state index contributed by atoms with van der Waals surface area (Å²) in [6.45, 7) is 39.2. The summed E-state index contributed by atoms with van der Waals surface area (Å²) in [5, 5.41) is 58.3. The minimum absolute atomic E-state index is 0.00722. The molecule has 7 unspecified atom stereocenters. The Labute approximate surface area is 772 Å². The van der Waals surface area contributed by atoms with Gasteiger partial charge in [0.05, 0.1) is 51.2 Å². The number of alkyl halides is 5. The van der Waals surface area contributed by atoms with Crippen LogP contribution in [0.5, 0.6) is 0 Å². The number of para-hydroxylation sites is 1. The Morgan fingerprint density at radius 2 is 0.931 bits per heavy atom. The number of rotatable bonds is 16. The molecule has 0 bridgehead atoms. The number of nitrogens with zero attached hydrogens (tertiary/aromatic N) is 23. The Bertz CT molecular complexity index is 5290. The highest BCUT2D eigenvalue weighted by Crippen LogP contribution is 2.55. The first-order chi connectivity index (χ1) is 63.6. The zero-order valence-corrected chi connectivity index (χ0v) is 80.8. The Morgan fingerprint density at radius 1 is 0.405 bits per heavy atom. The SMILES string of the molecule is CCC1CCCCc2c(nnn2CC)C1(F)F.CCC1CCc2c(nnn2CC)C(F)(F)CC1.CCC1Cc2ccccc2-c2c(nnn2CC)-c2ccccc21.CCC1[C@H]2CCc3nnn(CC)c3CC[C@@H]12.CCN1CCc2nnn(CC)c2C(OC)C(OC)C1.CCN1Cc2ccccc2-c2c(nnn2CC)-c2ccccc21.CCn1nnc2c1CCCCCC2(F)CC. The van der Waals surface area contributed by atoms with Crippen LogP contribution < -0.4 is 4.90 Å². The molecule has 0 amide bonds. The quantitative estimate of drug-likeness (QED) is 0.0817. The van der Waals surface area contributed by atoms with Crippen LogP contribution in [0, 0.1) is 29.6 Å². The molecule has 0 saturated heterocycles. The summed E-state index contributed by atoms with van der Waals surface area (Å²) in [6.07, 6.45) is 21.3. The minimum Gasteiger partial charge on any atom is -0.377 e. The molecule has 0 spiro atoms. The first kappa shape index (κ1) is 98.7. The molecule has 7 aromatic heterocycles. The predicted octanol–water partition coefficient (Wildman–Crippen LogP) is 21.3. The zero-order valence-electron chi connectivity index (χ0n) is 80.8. The van der Waals surface area contributed by atoms with Gasteiger partial charge in [-0.1, -0.05) is 195 Å². The van der Waals surface area contributed by atoms with Gasteiger partial charge < -0.3 is 19.3 Å². The third kappa shape index (κ3) is 21.7. The van der Waals surface area contributed by atoms with Crippen LogP contribution in [-0.2, 0) is 124 Å². The topological polar surface area (TPSA) is 240 Å². The Hall–Kier alpha value is -9.81. The molecule has 1 fully saturated rings. The van der Waals surface area contributed by atoms with Crippen molar-refractivity contribution in [2.45, 2.75) is 339 Å². The number of fused-ring (bicyclic) bond motifs is 16. The fourth-order valence-corrected chi connectivity index (χ4v) is 21.2. The van der Waals surface area contributed by atoms with E-state index in [0.717, 1.165) is 200 Å². The third-order valence-electron chi connectivity index (χ3n) is 29.0. The van der Waals surface area contributed by atoms with E-state index in [2.05, 4.69) is 246 Å². The lowest BCUT2D eigenvalue weighted by molar-refractivity contribution is -0.0765. The molecule has 0 radical (unpaired) electrons. The molecule has 9 heterocycles. The lowest BCUT2D eigenvalue weighted by Gasteiger charge is -2.33. The van der Waals surface area contributed by atoms with Gasteiger partial charge in [-0.05, 0) is 230 Å². The van der Waals surface area contributed by atoms with E-state index < -0.39 is 23.4 Å². The van der Waals surface area contributed by atoms with E-state index in [9.17, 15) is 22.0 Å². The lowest BCUT2D eigenvalue weighted by atomic mass is 9.81. The number of ether oxygens (including phenoxy) is 2. The van der Waals surface area contributed by atoms with Crippen LogP contribution >= 0.6 is 0 Å². The number of aromatic nitrogens is 21. The summed E-state index contributed by atoms with van der Waals surface area (Å²) in [6, 6.07) is 34.5. The van der Waals surface area contributed by atoms with E-state index in [1.165, 1.54) is 81.7 Å². The molecule has 6 aliphatic carbocycles. The zero-order chi connectivity index (χ0) is 93.1. The van der Waals surface area contributed by atoms with Crippen molar-refractivity contribution in [1.29, 1.82) is 0 Å². The van der Waals surface area contributed by atoms with Gasteiger partial charge in [0.15, 0.2) is 17.1 Å². The van der Waals surface area contributed by atoms with Crippen LogP contribution in [0.4, 0.5) is 27.6 Å². The smallest absolute Gasteiger partial charge is 0.296 e. The molecule has 8 aliphatic rings. The number of methoxy groups -OCH3 is 2. The monoisotopic (exact) mass is 1810 g/mol. The summed E-state index contributed by atoms with van der Waals surface area (Å²) in [4.78, 5) is 4.77. The van der Waals surface area contributed by atoms with E-state index in [-0.39, 0.29) is 30.0 Å². The number of anilines is 1. The van der Waals surface area contributed by atoms with E-state index in [1.807, 2.05) is 53.3 Å². The maximum absolute atomic E-state index is 14.8. The fourth-order valence-electron chi connectivity index (χ4n) is 21.2. The van der Waals surface area contributed by atoms with Crippen LogP contribution in [0.25, 0.3) is 45.0 Å². The van der Waals surface area contributed by atoms with Crippen molar-refractivity contribution < 1.29 is 31.4 Å². The molecule has 710 valence electrons. The lowest BCUT2D eigenvalue weighted by Crippen LogP contribution is -2.41. The van der Waals surface area contributed by atoms with Crippen molar-refractivity contribution in [3.8, 4) is 45.0 Å². The van der Waals surface area contributed by atoms with Crippen LogP contribution in [0.2, 0.25) is 0 Å². The van der Waals surface area contributed by atoms with Crippen molar-refractivity contribution in [2.24, 2.45) is 29.6 Å². The molecule has 4 aromatic carbocycles. The maximum atomic E-state index is 14.8. The number of aryl methyl sites for hydroxylation is 8. The summed E-state index contributed by atoms with van der Waals surface area (Å²) < 4.78 is 95.9. The summed E-state index contributed by atoms with van der Waals surface area (Å²) >= 11 is 0. The van der Waals surface area contributed by atoms with Gasteiger partial charge in [0.1, 0.15) is 29.3 Å². The van der Waals surface area contributed by atoms with Gasteiger partial charge in [-0.15, -0.1) is 35.7 Å². The Morgan fingerprint density at radius 3 is 1.53 bits per heavy atom. The van der Waals surface area contributed by atoms with Gasteiger partial charge in [-0.3, -0.25) is 0 Å². The predicted molar refractivity (Wildman–Crippen MR) is 505 cm³/mol. The van der Waals surface area contributed by atoms with Gasteiger partial charge in [-0.25, -0.2) is 37.2 Å². The molecule has 19 rings (SSSR count). The molecule has 11 aromatic rings. The molecular formula is C101H144F5N23O2. The molecular weight excluding hydrogens is 1660 g/mol. The molecule has 2 aliphatic heterocycles. The van der Waals surface area contributed by atoms with Gasteiger partial charge in [0.25, 0.3) is 11.8 Å². The van der Waals surface area contributed by atoms with Gasteiger partial charge in [0.2, 0.25) is 0 Å². The molecule has 1 saturated carbocycles. The van der Waals surface area contributed by atoms with Gasteiger partial charge in [0, 0.05) is 133 Å². The normalized spacial score (nSPS) is 22.0. The highest BCUT2D eigenvalue weighted by Gasteiger charge is 2.49. The van der Waals surface area contributed by atoms with Gasteiger partial charge >= 0.3 is 0 Å². The van der Waals surface area contributed by atoms with Crippen molar-refractivity contribution in [2.75, 3.05) is 45.3 Å². The Kier molecular flexibility index (Phi) is 34.5. The number of benzene rings is 4. The van der Waals surface area contributed by atoms with Crippen LogP contribution in [0.15, 0.2) is 97.1 Å².